The highest BCUT2D eigenvalue weighted by atomic mass is 16.4. The number of nitrogens with two attached hydrogens (primary N) is 1. The Hall–Kier alpha value is -1.92. The molecule has 0 aliphatic carbocycles. The van der Waals surface area contributed by atoms with Gasteiger partial charge < -0.3 is 21.1 Å². The first-order valence-corrected chi connectivity index (χ1v) is 9.14. The second-order valence-electron chi connectivity index (χ2n) is 6.58. The number of carboxylic acid groups (broad SMARTS) is 1. The van der Waals surface area contributed by atoms with E-state index in [9.17, 15) is 14.7 Å². The van der Waals surface area contributed by atoms with Crippen LogP contribution in [0.4, 0.5) is 0 Å². The van der Waals surface area contributed by atoms with Crippen molar-refractivity contribution in [3.8, 4) is 0 Å². The number of likely N-dealkylation sites (tertiary alicyclic amines) is 1. The van der Waals surface area contributed by atoms with E-state index in [1.54, 1.807) is 4.90 Å². The average molecular weight is 347 g/mol. The van der Waals surface area contributed by atoms with E-state index in [1.807, 2.05) is 30.3 Å². The molecule has 4 N–H and O–H groups in total. The molecule has 25 heavy (non-hydrogen) atoms. The van der Waals surface area contributed by atoms with Crippen LogP contribution in [-0.4, -0.2) is 47.1 Å². The summed E-state index contributed by atoms with van der Waals surface area (Å²) in [5, 5.41) is 12.8. The minimum Gasteiger partial charge on any atom is -0.480 e. The lowest BCUT2D eigenvalue weighted by Gasteiger charge is -2.35. The summed E-state index contributed by atoms with van der Waals surface area (Å²) in [7, 11) is 0. The summed E-state index contributed by atoms with van der Waals surface area (Å²) in [6, 6.07) is 8.84. The summed E-state index contributed by atoms with van der Waals surface area (Å²) in [5.74, 6) is -1.00. The van der Waals surface area contributed by atoms with E-state index in [0.29, 0.717) is 32.5 Å². The summed E-state index contributed by atoms with van der Waals surface area (Å²) in [5.41, 5.74) is 6.67. The van der Waals surface area contributed by atoms with E-state index in [4.69, 9.17) is 5.73 Å². The third-order valence-corrected chi connectivity index (χ3v) is 4.71. The monoisotopic (exact) mass is 347 g/mol. The van der Waals surface area contributed by atoms with Crippen LogP contribution < -0.4 is 11.1 Å². The number of carbonyl (C=O) groups is 2. The van der Waals surface area contributed by atoms with Gasteiger partial charge in [-0.2, -0.15) is 0 Å². The highest BCUT2D eigenvalue weighted by Crippen LogP contribution is 2.19. The van der Waals surface area contributed by atoms with Crippen LogP contribution in [-0.2, 0) is 16.1 Å². The van der Waals surface area contributed by atoms with E-state index in [-0.39, 0.29) is 11.9 Å². The number of nitrogens with one attached hydrogen (secondary N) is 1. The lowest BCUT2D eigenvalue weighted by molar-refractivity contribution is -0.153. The summed E-state index contributed by atoms with van der Waals surface area (Å²) in [4.78, 5) is 26.1. The van der Waals surface area contributed by atoms with E-state index in [0.717, 1.165) is 31.2 Å². The normalized spacial score (nSPS) is 18.8. The zero-order valence-corrected chi connectivity index (χ0v) is 14.7. The molecule has 0 spiro atoms. The fourth-order valence-electron chi connectivity index (χ4n) is 3.29. The van der Waals surface area contributed by atoms with Crippen LogP contribution in [0, 0.1) is 0 Å². The number of unbranched alkanes of at least 4 members (excludes halogenated alkanes) is 1. The second-order valence-corrected chi connectivity index (χ2v) is 6.58. The van der Waals surface area contributed by atoms with E-state index >= 15 is 0 Å². The number of benzene rings is 1. The number of piperidine rings is 1. The number of carbonyl (C=O) groups excluding carboxylic acids is 1. The molecule has 138 valence electrons. The molecule has 1 saturated heterocycles. The maximum absolute atomic E-state index is 13.0. The van der Waals surface area contributed by atoms with Crippen molar-refractivity contribution in [2.45, 2.75) is 57.2 Å². The molecule has 0 unspecified atom stereocenters. The molecule has 0 aromatic heterocycles. The quantitative estimate of drug-likeness (QED) is 0.591. The van der Waals surface area contributed by atoms with Gasteiger partial charge in [0.2, 0.25) is 5.91 Å². The van der Waals surface area contributed by atoms with Crippen molar-refractivity contribution in [2.24, 2.45) is 5.73 Å². The summed E-state index contributed by atoms with van der Waals surface area (Å²) < 4.78 is 0. The minimum absolute atomic E-state index is 0.0972. The smallest absolute Gasteiger partial charge is 0.326 e. The maximum Gasteiger partial charge on any atom is 0.326 e. The van der Waals surface area contributed by atoms with Crippen molar-refractivity contribution < 1.29 is 14.7 Å². The minimum atomic E-state index is -0.906. The molecule has 0 radical (unpaired) electrons. The van der Waals surface area contributed by atoms with Gasteiger partial charge in [-0.15, -0.1) is 0 Å². The Bertz CT molecular complexity index is 550. The summed E-state index contributed by atoms with van der Waals surface area (Å²) >= 11 is 0. The van der Waals surface area contributed by atoms with Crippen molar-refractivity contribution in [3.05, 3.63) is 35.9 Å². The third-order valence-electron chi connectivity index (χ3n) is 4.71. The lowest BCUT2D eigenvalue weighted by Crippen LogP contribution is -2.54. The first-order chi connectivity index (χ1) is 12.1. The summed E-state index contributed by atoms with van der Waals surface area (Å²) in [6.45, 7) is 1.71. The van der Waals surface area contributed by atoms with Gasteiger partial charge in [0.05, 0.1) is 6.04 Å². The van der Waals surface area contributed by atoms with Gasteiger partial charge in [0.15, 0.2) is 0 Å². The molecule has 1 heterocycles. The number of amides is 1. The predicted octanol–water partition coefficient (Wildman–Crippen LogP) is 1.74. The van der Waals surface area contributed by atoms with Gasteiger partial charge in [0, 0.05) is 13.1 Å². The Kier molecular flexibility index (Phi) is 7.88. The Morgan fingerprint density at radius 1 is 1.24 bits per heavy atom. The summed E-state index contributed by atoms with van der Waals surface area (Å²) in [6.07, 6.45) is 4.64. The molecule has 0 bridgehead atoms. The number of hydrogen-bond donors (Lipinski definition) is 3. The highest BCUT2D eigenvalue weighted by Gasteiger charge is 2.35. The van der Waals surface area contributed by atoms with E-state index in [1.165, 1.54) is 0 Å². The van der Waals surface area contributed by atoms with Gasteiger partial charge in [-0.05, 0) is 44.2 Å². The number of rotatable bonds is 9. The Morgan fingerprint density at radius 3 is 2.68 bits per heavy atom. The molecule has 6 heteroatoms. The van der Waals surface area contributed by atoms with Gasteiger partial charge in [-0.25, -0.2) is 4.79 Å². The molecule has 1 aliphatic heterocycles. The topological polar surface area (TPSA) is 95.7 Å². The van der Waals surface area contributed by atoms with Crippen LogP contribution in [0.25, 0.3) is 0 Å². The van der Waals surface area contributed by atoms with Crippen LogP contribution in [0.15, 0.2) is 30.3 Å². The van der Waals surface area contributed by atoms with Crippen molar-refractivity contribution >= 4 is 11.9 Å². The first kappa shape index (κ1) is 19.4. The maximum atomic E-state index is 13.0. The Balaban J connectivity index is 2.04. The SMILES string of the molecule is NCCCC[C@H](NCc1ccccc1)C(=O)N1CCCC[C@H]1C(=O)O. The standard InChI is InChI=1S/C19H29N3O3/c20-12-6-4-10-16(21-14-15-8-2-1-3-9-15)18(23)22-13-7-5-11-17(22)19(24)25/h1-3,8-9,16-17,21H,4-7,10-14,20H2,(H,24,25)/t16-,17-/m0/s1. The molecule has 2 rings (SSSR count). The van der Waals surface area contributed by atoms with Crippen LogP contribution in [0.3, 0.4) is 0 Å². The Morgan fingerprint density at radius 2 is 2.00 bits per heavy atom. The molecule has 1 aromatic rings. The highest BCUT2D eigenvalue weighted by molar-refractivity contribution is 5.87. The zero-order chi connectivity index (χ0) is 18.1. The number of hydrogen-bond acceptors (Lipinski definition) is 4. The number of carboxylic acids is 1. The fraction of sp³-hybridized carbons (Fsp3) is 0.579. The van der Waals surface area contributed by atoms with Gasteiger partial charge in [-0.3, -0.25) is 4.79 Å². The number of aliphatic carboxylic acids is 1. The van der Waals surface area contributed by atoms with Gasteiger partial charge in [0.25, 0.3) is 0 Å². The van der Waals surface area contributed by atoms with E-state index in [2.05, 4.69) is 5.32 Å². The fourth-order valence-corrected chi connectivity index (χ4v) is 3.29. The molecule has 0 saturated carbocycles. The first-order valence-electron chi connectivity index (χ1n) is 9.14. The zero-order valence-electron chi connectivity index (χ0n) is 14.7. The molecule has 1 aromatic carbocycles. The van der Waals surface area contributed by atoms with Crippen LogP contribution in [0.1, 0.15) is 44.1 Å². The molecule has 2 atom stereocenters. The molecule has 1 amide bonds. The molecular formula is C19H29N3O3. The van der Waals surface area contributed by atoms with E-state index < -0.39 is 12.0 Å². The molecule has 1 fully saturated rings. The largest absolute Gasteiger partial charge is 0.480 e. The molecule has 1 aliphatic rings. The van der Waals surface area contributed by atoms with Crippen molar-refractivity contribution in [2.75, 3.05) is 13.1 Å². The predicted molar refractivity (Wildman–Crippen MR) is 97.0 cm³/mol. The number of nitrogens with zero attached hydrogens (tertiary/aromatic N) is 1. The molecule has 6 nitrogen and oxygen atoms in total. The lowest BCUT2D eigenvalue weighted by atomic mass is 9.99. The average Bonchev–Trinajstić information content (AvgIpc) is 2.65. The van der Waals surface area contributed by atoms with Gasteiger partial charge in [-0.1, -0.05) is 36.8 Å². The third kappa shape index (κ3) is 5.83. The van der Waals surface area contributed by atoms with Crippen LogP contribution >= 0.6 is 0 Å². The Labute approximate surface area is 149 Å². The van der Waals surface area contributed by atoms with Crippen LogP contribution in [0.2, 0.25) is 0 Å². The second kappa shape index (κ2) is 10.2. The van der Waals surface area contributed by atoms with Crippen molar-refractivity contribution in [1.29, 1.82) is 0 Å². The van der Waals surface area contributed by atoms with Crippen molar-refractivity contribution in [3.63, 3.8) is 0 Å². The van der Waals surface area contributed by atoms with Gasteiger partial charge in [0.1, 0.15) is 6.04 Å². The van der Waals surface area contributed by atoms with Crippen molar-refractivity contribution in [1.82, 2.24) is 10.2 Å². The van der Waals surface area contributed by atoms with Crippen LogP contribution in [0.5, 0.6) is 0 Å². The van der Waals surface area contributed by atoms with Gasteiger partial charge >= 0.3 is 5.97 Å². The molecular weight excluding hydrogens is 318 g/mol.